The second kappa shape index (κ2) is 9.38. The predicted molar refractivity (Wildman–Crippen MR) is 154 cm³/mol. The van der Waals surface area contributed by atoms with E-state index in [-0.39, 0.29) is 10.8 Å². The molecule has 2 unspecified atom stereocenters. The highest BCUT2D eigenvalue weighted by Gasteiger charge is 2.28. The van der Waals surface area contributed by atoms with Crippen LogP contribution in [0.1, 0.15) is 78.4 Å². The van der Waals surface area contributed by atoms with Crippen molar-refractivity contribution < 1.29 is 0 Å². The highest BCUT2D eigenvalue weighted by Crippen LogP contribution is 2.35. The summed E-state index contributed by atoms with van der Waals surface area (Å²) >= 11 is 0. The summed E-state index contributed by atoms with van der Waals surface area (Å²) in [6.07, 6.45) is 8.54. The van der Waals surface area contributed by atoms with Gasteiger partial charge in [-0.1, -0.05) is 66.5 Å². The highest BCUT2D eigenvalue weighted by molar-refractivity contribution is 5.92. The van der Waals surface area contributed by atoms with Gasteiger partial charge >= 0.3 is 0 Å². The largest absolute Gasteiger partial charge is 0.378 e. The summed E-state index contributed by atoms with van der Waals surface area (Å²) in [5, 5.41) is 10.3. The zero-order valence-electron chi connectivity index (χ0n) is 22.7. The molecule has 0 amide bonds. The summed E-state index contributed by atoms with van der Waals surface area (Å²) in [6.45, 7) is 13.7. The average Bonchev–Trinajstić information content (AvgIpc) is 2.84. The maximum absolute atomic E-state index is 4.77. The number of aromatic nitrogens is 2. The minimum absolute atomic E-state index is 0.0721. The third kappa shape index (κ3) is 5.04. The predicted octanol–water partition coefficient (Wildman–Crippen LogP) is 8.21. The van der Waals surface area contributed by atoms with E-state index in [1.807, 2.05) is 24.5 Å². The summed E-state index contributed by atoms with van der Waals surface area (Å²) in [6, 6.07) is 18.3. The molecular formula is C32H40N4. The van der Waals surface area contributed by atoms with Gasteiger partial charge in [-0.05, 0) is 71.2 Å². The summed E-state index contributed by atoms with van der Waals surface area (Å²) < 4.78 is 0. The van der Waals surface area contributed by atoms with Crippen molar-refractivity contribution >= 4 is 33.2 Å². The Morgan fingerprint density at radius 1 is 0.639 bits per heavy atom. The van der Waals surface area contributed by atoms with E-state index in [2.05, 4.69) is 88.6 Å². The number of rotatable bonds is 4. The van der Waals surface area contributed by atoms with E-state index in [0.717, 1.165) is 35.2 Å². The minimum Gasteiger partial charge on any atom is -0.378 e. The molecule has 0 spiro atoms. The van der Waals surface area contributed by atoms with Crippen LogP contribution in [0.4, 0.5) is 11.4 Å². The molecule has 188 valence electrons. The Morgan fingerprint density at radius 2 is 1.06 bits per heavy atom. The molecule has 36 heavy (non-hydrogen) atoms. The van der Waals surface area contributed by atoms with E-state index in [4.69, 9.17) is 9.97 Å². The van der Waals surface area contributed by atoms with Crippen LogP contribution in [0, 0.1) is 0 Å². The normalized spacial score (nSPS) is 18.9. The van der Waals surface area contributed by atoms with E-state index in [1.54, 1.807) is 0 Å². The first kappa shape index (κ1) is 24.5. The van der Waals surface area contributed by atoms with Crippen LogP contribution in [0.25, 0.3) is 21.8 Å². The van der Waals surface area contributed by atoms with Gasteiger partial charge in [0.15, 0.2) is 0 Å². The second-order valence-corrected chi connectivity index (χ2v) is 12.5. The number of hydrogen-bond acceptors (Lipinski definition) is 4. The lowest BCUT2D eigenvalue weighted by Crippen LogP contribution is -2.42. The minimum atomic E-state index is 0.0721. The number of pyridine rings is 2. The lowest BCUT2D eigenvalue weighted by atomic mass is 9.85. The molecule has 2 aromatic heterocycles. The van der Waals surface area contributed by atoms with E-state index in [9.17, 15) is 0 Å². The van der Waals surface area contributed by atoms with Crippen LogP contribution < -0.4 is 10.6 Å². The fourth-order valence-electron chi connectivity index (χ4n) is 5.35. The standard InChI is InChI=1S/C32H40N4/c1-31(2,3)23-17-21-11-9-15-33-29(21)27(19-23)35-25-13-7-8-14-26(25)36-28-20-24(32(4,5)6)18-22-12-10-16-34-30(22)28/h9-12,15-20,25-26,35-36H,7-8,13-14H2,1-6H3. The number of hydrogen-bond donors (Lipinski definition) is 2. The van der Waals surface area contributed by atoms with Gasteiger partial charge in [-0.3, -0.25) is 9.97 Å². The van der Waals surface area contributed by atoms with Crippen molar-refractivity contribution in [2.75, 3.05) is 10.6 Å². The van der Waals surface area contributed by atoms with E-state index in [0.29, 0.717) is 12.1 Å². The molecule has 4 heteroatoms. The van der Waals surface area contributed by atoms with Gasteiger partial charge in [-0.2, -0.15) is 0 Å². The average molecular weight is 481 g/mol. The van der Waals surface area contributed by atoms with E-state index >= 15 is 0 Å². The van der Waals surface area contributed by atoms with E-state index < -0.39 is 0 Å². The zero-order chi connectivity index (χ0) is 25.5. The van der Waals surface area contributed by atoms with Crippen LogP contribution in [-0.2, 0) is 10.8 Å². The lowest BCUT2D eigenvalue weighted by Gasteiger charge is -2.35. The highest BCUT2D eigenvalue weighted by atomic mass is 15.0. The van der Waals surface area contributed by atoms with Crippen molar-refractivity contribution in [3.8, 4) is 0 Å². The molecule has 0 saturated heterocycles. The van der Waals surface area contributed by atoms with Crippen molar-refractivity contribution in [3.05, 3.63) is 72.1 Å². The fraction of sp³-hybridized carbons (Fsp3) is 0.438. The molecule has 1 aliphatic rings. The molecule has 5 rings (SSSR count). The van der Waals surface area contributed by atoms with Crippen molar-refractivity contribution in [1.82, 2.24) is 9.97 Å². The number of nitrogens with one attached hydrogen (secondary N) is 2. The number of fused-ring (bicyclic) bond motifs is 2. The molecule has 0 radical (unpaired) electrons. The third-order valence-corrected chi connectivity index (χ3v) is 7.59. The molecule has 4 nitrogen and oxygen atoms in total. The number of nitrogens with zero attached hydrogens (tertiary/aromatic N) is 2. The van der Waals surface area contributed by atoms with Crippen LogP contribution in [0.15, 0.2) is 60.9 Å². The third-order valence-electron chi connectivity index (χ3n) is 7.59. The molecule has 1 aliphatic carbocycles. The van der Waals surface area contributed by atoms with Crippen LogP contribution in [0.5, 0.6) is 0 Å². The SMILES string of the molecule is CC(C)(C)c1cc(NC2CCCCC2Nc2cc(C(C)(C)C)cc3cccnc23)c2ncccc2c1. The van der Waals surface area contributed by atoms with Crippen molar-refractivity contribution in [2.24, 2.45) is 0 Å². The van der Waals surface area contributed by atoms with Gasteiger partial charge in [0, 0.05) is 35.2 Å². The summed E-state index contributed by atoms with van der Waals surface area (Å²) in [4.78, 5) is 9.53. The van der Waals surface area contributed by atoms with Crippen molar-refractivity contribution in [3.63, 3.8) is 0 Å². The van der Waals surface area contributed by atoms with Gasteiger partial charge < -0.3 is 10.6 Å². The first-order valence-electron chi connectivity index (χ1n) is 13.4. The summed E-state index contributed by atoms with van der Waals surface area (Å²) in [5.41, 5.74) is 7.20. The Labute approximate surface area is 215 Å². The van der Waals surface area contributed by atoms with Crippen LogP contribution in [-0.4, -0.2) is 22.1 Å². The second-order valence-electron chi connectivity index (χ2n) is 12.5. The van der Waals surface area contributed by atoms with Gasteiger partial charge in [0.05, 0.1) is 22.4 Å². The molecule has 2 atom stereocenters. The monoisotopic (exact) mass is 480 g/mol. The molecule has 2 N–H and O–H groups in total. The number of benzene rings is 2. The Balaban J connectivity index is 1.51. The summed E-state index contributed by atoms with van der Waals surface area (Å²) in [7, 11) is 0. The van der Waals surface area contributed by atoms with Crippen LogP contribution >= 0.6 is 0 Å². The summed E-state index contributed by atoms with van der Waals surface area (Å²) in [5.74, 6) is 0. The van der Waals surface area contributed by atoms with Gasteiger partial charge in [-0.15, -0.1) is 0 Å². The Hall–Kier alpha value is -3.14. The smallest absolute Gasteiger partial charge is 0.0933 e. The molecule has 2 aromatic carbocycles. The van der Waals surface area contributed by atoms with Crippen molar-refractivity contribution in [1.29, 1.82) is 0 Å². The van der Waals surface area contributed by atoms with Crippen LogP contribution in [0.2, 0.25) is 0 Å². The van der Waals surface area contributed by atoms with Gasteiger partial charge in [0.1, 0.15) is 0 Å². The first-order chi connectivity index (χ1) is 17.1. The zero-order valence-corrected chi connectivity index (χ0v) is 22.7. The quantitative estimate of drug-likeness (QED) is 0.309. The molecule has 1 saturated carbocycles. The molecule has 0 bridgehead atoms. The number of anilines is 2. The van der Waals surface area contributed by atoms with Gasteiger partial charge in [0.2, 0.25) is 0 Å². The fourth-order valence-corrected chi connectivity index (χ4v) is 5.35. The maximum Gasteiger partial charge on any atom is 0.0933 e. The maximum atomic E-state index is 4.77. The lowest BCUT2D eigenvalue weighted by molar-refractivity contribution is 0.424. The molecule has 4 aromatic rings. The Morgan fingerprint density at radius 3 is 1.44 bits per heavy atom. The topological polar surface area (TPSA) is 49.8 Å². The molecule has 2 heterocycles. The Kier molecular flexibility index (Phi) is 6.40. The van der Waals surface area contributed by atoms with Gasteiger partial charge in [0.25, 0.3) is 0 Å². The molecular weight excluding hydrogens is 440 g/mol. The van der Waals surface area contributed by atoms with Gasteiger partial charge in [-0.25, -0.2) is 0 Å². The molecule has 1 fully saturated rings. The molecule has 0 aliphatic heterocycles. The van der Waals surface area contributed by atoms with Crippen molar-refractivity contribution in [2.45, 2.75) is 90.1 Å². The Bertz CT molecular complexity index is 1270. The van der Waals surface area contributed by atoms with E-state index in [1.165, 1.54) is 34.7 Å². The van der Waals surface area contributed by atoms with Crippen LogP contribution in [0.3, 0.4) is 0 Å². The first-order valence-corrected chi connectivity index (χ1v) is 13.4.